The molecule has 0 bridgehead atoms. The summed E-state index contributed by atoms with van der Waals surface area (Å²) in [5.41, 5.74) is 2.34. The van der Waals surface area contributed by atoms with Crippen molar-refractivity contribution in [1.29, 1.82) is 0 Å². The van der Waals surface area contributed by atoms with Crippen LogP contribution >= 0.6 is 0 Å². The third-order valence-corrected chi connectivity index (χ3v) is 5.43. The fourth-order valence-electron chi connectivity index (χ4n) is 4.07. The van der Waals surface area contributed by atoms with Crippen molar-refractivity contribution >= 4 is 5.69 Å². The molecule has 5 atom stereocenters. The number of rotatable bonds is 9. The van der Waals surface area contributed by atoms with Gasteiger partial charge >= 0.3 is 0 Å². The van der Waals surface area contributed by atoms with Gasteiger partial charge in [0.1, 0.15) is 18.3 Å². The highest BCUT2D eigenvalue weighted by molar-refractivity contribution is 5.48. The molecule has 0 unspecified atom stereocenters. The van der Waals surface area contributed by atoms with Gasteiger partial charge in [0.25, 0.3) is 0 Å². The highest BCUT2D eigenvalue weighted by atomic mass is 16.8. The number of hydrogen-bond acceptors (Lipinski definition) is 6. The topological polar surface area (TPSA) is 49.4 Å². The van der Waals surface area contributed by atoms with Crippen molar-refractivity contribution in [3.63, 3.8) is 0 Å². The summed E-state index contributed by atoms with van der Waals surface area (Å²) in [7, 11) is 0. The average molecular weight is 406 g/mol. The summed E-state index contributed by atoms with van der Waals surface area (Å²) < 4.78 is 30.5. The fourth-order valence-corrected chi connectivity index (χ4v) is 4.07. The highest BCUT2D eigenvalue weighted by Crippen LogP contribution is 2.39. The normalized spacial score (nSPS) is 30.7. The van der Waals surface area contributed by atoms with Gasteiger partial charge in [0, 0.05) is 18.8 Å². The maximum Gasteiger partial charge on any atom is 0.187 e. The molecule has 6 heteroatoms. The van der Waals surface area contributed by atoms with Gasteiger partial charge in [-0.2, -0.15) is 0 Å². The molecule has 162 valence electrons. The van der Waals surface area contributed by atoms with E-state index in [2.05, 4.69) is 49.6 Å². The van der Waals surface area contributed by atoms with E-state index in [0.29, 0.717) is 13.2 Å². The van der Waals surface area contributed by atoms with Crippen molar-refractivity contribution in [3.05, 3.63) is 42.5 Å². The molecule has 6 nitrogen and oxygen atoms in total. The summed E-state index contributed by atoms with van der Waals surface area (Å²) in [5, 5.41) is 0. The van der Waals surface area contributed by atoms with Crippen molar-refractivity contribution in [1.82, 2.24) is 0 Å². The van der Waals surface area contributed by atoms with E-state index in [1.165, 1.54) is 5.69 Å². The number of ether oxygens (including phenoxy) is 5. The van der Waals surface area contributed by atoms with Crippen molar-refractivity contribution in [2.75, 3.05) is 24.6 Å². The Balaban J connectivity index is 1.70. The van der Waals surface area contributed by atoms with Crippen molar-refractivity contribution < 1.29 is 23.7 Å². The summed E-state index contributed by atoms with van der Waals surface area (Å²) in [6.07, 6.45) is 0.176. The first kappa shape index (κ1) is 22.2. The molecule has 2 saturated heterocycles. The molecule has 3 rings (SSSR count). The van der Waals surface area contributed by atoms with Crippen LogP contribution in [0.4, 0.5) is 5.69 Å². The molecule has 0 radical (unpaired) electrons. The van der Waals surface area contributed by atoms with Crippen LogP contribution in [-0.2, 0) is 30.3 Å². The van der Waals surface area contributed by atoms with Gasteiger partial charge in [0.15, 0.2) is 12.1 Å². The van der Waals surface area contributed by atoms with Crippen LogP contribution in [-0.4, -0.2) is 56.2 Å². The Bertz CT molecular complexity index is 675. The quantitative estimate of drug-likeness (QED) is 0.581. The highest BCUT2D eigenvalue weighted by Gasteiger charge is 2.55. The zero-order valence-electron chi connectivity index (χ0n) is 18.3. The molecule has 0 amide bonds. The standard InChI is InChI=1S/C23H35NO5/c1-7-13-25-22-21-20(28-23(5,6)29-21)19(16(4)27-22)26-15-17-11-10-12-18(14-17)24(8-2)9-3/h7,10-12,14,16,19-22H,1,8-9,13,15H2,2-6H3/t16-,19-,20+,21+,22+/m0/s1. The predicted octanol–water partition coefficient (Wildman–Crippen LogP) is 3.89. The Hall–Kier alpha value is -1.44. The second-order valence-corrected chi connectivity index (χ2v) is 8.01. The van der Waals surface area contributed by atoms with Gasteiger partial charge in [-0.15, -0.1) is 6.58 Å². The van der Waals surface area contributed by atoms with E-state index in [9.17, 15) is 0 Å². The maximum atomic E-state index is 6.32. The zero-order chi connectivity index (χ0) is 21.0. The second-order valence-electron chi connectivity index (χ2n) is 8.01. The average Bonchev–Trinajstić information content (AvgIpc) is 3.02. The first-order chi connectivity index (χ1) is 13.9. The molecule has 0 aromatic heterocycles. The molecule has 1 aromatic carbocycles. The van der Waals surface area contributed by atoms with Crippen molar-refractivity contribution in [2.45, 2.75) is 77.7 Å². The fraction of sp³-hybridized carbons (Fsp3) is 0.652. The number of benzene rings is 1. The van der Waals surface area contributed by atoms with Crippen LogP contribution in [0.2, 0.25) is 0 Å². The van der Waals surface area contributed by atoms with Crippen LogP contribution in [0.15, 0.2) is 36.9 Å². The molecule has 0 aliphatic carbocycles. The van der Waals surface area contributed by atoms with Crippen LogP contribution in [0.5, 0.6) is 0 Å². The van der Waals surface area contributed by atoms with Gasteiger partial charge in [-0.25, -0.2) is 0 Å². The third kappa shape index (κ3) is 5.19. The van der Waals surface area contributed by atoms with Gasteiger partial charge in [0.05, 0.1) is 19.3 Å². The lowest BCUT2D eigenvalue weighted by molar-refractivity contribution is -0.276. The Labute approximate surface area is 174 Å². The van der Waals surface area contributed by atoms with Gasteiger partial charge in [0.2, 0.25) is 0 Å². The van der Waals surface area contributed by atoms with Gasteiger partial charge in [-0.3, -0.25) is 0 Å². The molecule has 2 aliphatic rings. The SMILES string of the molecule is C=CCO[C@@H]1O[C@@H](C)[C@H](OCc2cccc(N(CC)CC)c2)[C@H]2OC(C)(C)O[C@@H]12. The number of hydrogen-bond donors (Lipinski definition) is 0. The second kappa shape index (κ2) is 9.58. The Kier molecular flexibility index (Phi) is 7.35. The van der Waals surface area contributed by atoms with Gasteiger partial charge < -0.3 is 28.6 Å². The van der Waals surface area contributed by atoms with E-state index in [-0.39, 0.29) is 24.4 Å². The Morgan fingerprint density at radius 3 is 2.55 bits per heavy atom. The molecule has 2 aliphatic heterocycles. The lowest BCUT2D eigenvalue weighted by Gasteiger charge is -2.40. The van der Waals surface area contributed by atoms with Gasteiger partial charge in [-0.05, 0) is 52.3 Å². The largest absolute Gasteiger partial charge is 0.372 e. The summed E-state index contributed by atoms with van der Waals surface area (Å²) >= 11 is 0. The van der Waals surface area contributed by atoms with E-state index in [1.54, 1.807) is 6.08 Å². The molecule has 0 spiro atoms. The van der Waals surface area contributed by atoms with Crippen LogP contribution in [0.3, 0.4) is 0 Å². The summed E-state index contributed by atoms with van der Waals surface area (Å²) in [5.74, 6) is -0.706. The molecule has 1 aromatic rings. The van der Waals surface area contributed by atoms with Crippen LogP contribution in [0.25, 0.3) is 0 Å². The summed E-state index contributed by atoms with van der Waals surface area (Å²) in [6.45, 7) is 16.7. The van der Waals surface area contributed by atoms with E-state index < -0.39 is 12.1 Å². The molecule has 0 N–H and O–H groups in total. The minimum absolute atomic E-state index is 0.186. The minimum Gasteiger partial charge on any atom is -0.372 e. The van der Waals surface area contributed by atoms with E-state index in [0.717, 1.165) is 18.7 Å². The van der Waals surface area contributed by atoms with Gasteiger partial charge in [-0.1, -0.05) is 18.2 Å². The summed E-state index contributed by atoms with van der Waals surface area (Å²) in [4.78, 5) is 2.32. The monoisotopic (exact) mass is 405 g/mol. The lowest BCUT2D eigenvalue weighted by Crippen LogP contribution is -2.56. The maximum absolute atomic E-state index is 6.32. The molecule has 0 saturated carbocycles. The van der Waals surface area contributed by atoms with E-state index in [1.807, 2.05) is 20.8 Å². The first-order valence-corrected chi connectivity index (χ1v) is 10.6. The molecule has 29 heavy (non-hydrogen) atoms. The number of anilines is 1. The molecule has 2 fully saturated rings. The van der Waals surface area contributed by atoms with Crippen LogP contribution in [0, 0.1) is 0 Å². The van der Waals surface area contributed by atoms with E-state index >= 15 is 0 Å². The van der Waals surface area contributed by atoms with E-state index in [4.69, 9.17) is 23.7 Å². The van der Waals surface area contributed by atoms with Crippen molar-refractivity contribution in [2.24, 2.45) is 0 Å². The molecule has 2 heterocycles. The first-order valence-electron chi connectivity index (χ1n) is 10.6. The lowest BCUT2D eigenvalue weighted by atomic mass is 9.99. The smallest absolute Gasteiger partial charge is 0.187 e. The number of nitrogens with zero attached hydrogens (tertiary/aromatic N) is 1. The summed E-state index contributed by atoms with van der Waals surface area (Å²) in [6, 6.07) is 8.49. The van der Waals surface area contributed by atoms with Crippen LogP contribution in [0.1, 0.15) is 40.2 Å². The predicted molar refractivity (Wildman–Crippen MR) is 113 cm³/mol. The Morgan fingerprint density at radius 2 is 1.86 bits per heavy atom. The molecular weight excluding hydrogens is 370 g/mol. The third-order valence-electron chi connectivity index (χ3n) is 5.43. The zero-order valence-corrected chi connectivity index (χ0v) is 18.3. The molecular formula is C23H35NO5. The number of fused-ring (bicyclic) bond motifs is 1. The Morgan fingerprint density at radius 1 is 1.14 bits per heavy atom. The minimum atomic E-state index is -0.706. The van der Waals surface area contributed by atoms with Crippen molar-refractivity contribution in [3.8, 4) is 0 Å². The van der Waals surface area contributed by atoms with Crippen LogP contribution < -0.4 is 4.90 Å².